The first-order chi connectivity index (χ1) is 7.06. The van der Waals surface area contributed by atoms with Gasteiger partial charge in [-0.2, -0.15) is 0 Å². The lowest BCUT2D eigenvalue weighted by molar-refractivity contribution is -0.144. The van der Waals surface area contributed by atoms with Crippen molar-refractivity contribution < 1.29 is 19.4 Å². The minimum atomic E-state index is -1.02. The van der Waals surface area contributed by atoms with Crippen LogP contribution in [0.25, 0.3) is 0 Å². The average Bonchev–Trinajstić information content (AvgIpc) is 1.98. The van der Waals surface area contributed by atoms with E-state index in [9.17, 15) is 9.59 Å². The number of carboxylic acid groups (broad SMARTS) is 1. The summed E-state index contributed by atoms with van der Waals surface area (Å²) in [6.07, 6.45) is -0.617. The van der Waals surface area contributed by atoms with Gasteiger partial charge in [0.15, 0.2) is 0 Å². The van der Waals surface area contributed by atoms with Crippen molar-refractivity contribution in [3.63, 3.8) is 0 Å². The van der Waals surface area contributed by atoms with Gasteiger partial charge in [0, 0.05) is 7.05 Å². The summed E-state index contributed by atoms with van der Waals surface area (Å²) in [6.45, 7) is 8.72. The summed E-state index contributed by atoms with van der Waals surface area (Å²) < 4.78 is 5.10. The van der Waals surface area contributed by atoms with E-state index in [1.807, 2.05) is 0 Å². The number of likely N-dealkylation sites (N-methyl/N-ethyl adjacent to an activating group) is 1. The Labute approximate surface area is 96.4 Å². The van der Waals surface area contributed by atoms with Crippen LogP contribution in [-0.2, 0) is 9.53 Å². The predicted octanol–water partition coefficient (Wildman–Crippen LogP) is 1.96. The second-order valence-electron chi connectivity index (χ2n) is 5.12. The van der Waals surface area contributed by atoms with Crippen molar-refractivity contribution in [2.75, 3.05) is 7.05 Å². The molecule has 0 spiro atoms. The topological polar surface area (TPSA) is 66.8 Å². The van der Waals surface area contributed by atoms with Gasteiger partial charge in [0.05, 0.1) is 0 Å². The first-order valence-corrected chi connectivity index (χ1v) is 5.25. The predicted molar refractivity (Wildman–Crippen MR) is 60.3 cm³/mol. The van der Waals surface area contributed by atoms with Crippen molar-refractivity contribution in [1.29, 1.82) is 0 Å². The highest BCUT2D eigenvalue weighted by molar-refractivity contribution is 5.80. The summed E-state index contributed by atoms with van der Waals surface area (Å²) in [5, 5.41) is 9.01. The number of carbonyl (C=O) groups excluding carboxylic acids is 1. The number of aliphatic carboxylic acids is 1. The molecule has 0 aromatic carbocycles. The van der Waals surface area contributed by atoms with Crippen LogP contribution >= 0.6 is 0 Å². The van der Waals surface area contributed by atoms with Gasteiger partial charge in [0.2, 0.25) is 0 Å². The van der Waals surface area contributed by atoms with Crippen molar-refractivity contribution in [3.05, 3.63) is 0 Å². The van der Waals surface area contributed by atoms with Gasteiger partial charge in [-0.3, -0.25) is 4.90 Å². The van der Waals surface area contributed by atoms with E-state index in [1.54, 1.807) is 34.6 Å². The maximum absolute atomic E-state index is 11.6. The fraction of sp³-hybridized carbons (Fsp3) is 0.818. The van der Waals surface area contributed by atoms with Crippen molar-refractivity contribution >= 4 is 12.1 Å². The molecule has 16 heavy (non-hydrogen) atoms. The Hall–Kier alpha value is -1.26. The lowest BCUT2D eigenvalue weighted by Crippen LogP contribution is -2.47. The maximum Gasteiger partial charge on any atom is 0.410 e. The molecule has 0 saturated carbocycles. The van der Waals surface area contributed by atoms with Gasteiger partial charge in [0.25, 0.3) is 0 Å². The number of hydrogen-bond donors (Lipinski definition) is 1. The number of carbonyl (C=O) groups is 2. The number of rotatable bonds is 3. The Morgan fingerprint density at radius 3 is 1.94 bits per heavy atom. The molecule has 0 aliphatic carbocycles. The molecule has 0 aromatic rings. The highest BCUT2D eigenvalue weighted by atomic mass is 16.6. The number of hydrogen-bond acceptors (Lipinski definition) is 3. The monoisotopic (exact) mass is 231 g/mol. The van der Waals surface area contributed by atoms with Gasteiger partial charge in [-0.05, 0) is 26.7 Å². The van der Waals surface area contributed by atoms with Crippen LogP contribution in [0.1, 0.15) is 34.6 Å². The van der Waals surface area contributed by atoms with E-state index in [2.05, 4.69) is 0 Å². The SMILES string of the molecule is CC(C)[C@H](C(=O)O)N(C)C(=O)OC(C)(C)C. The molecule has 0 heterocycles. The fourth-order valence-electron chi connectivity index (χ4n) is 1.35. The molecule has 94 valence electrons. The normalized spacial score (nSPS) is 13.4. The molecule has 5 heteroatoms. The molecule has 0 radical (unpaired) electrons. The van der Waals surface area contributed by atoms with E-state index in [0.717, 1.165) is 4.90 Å². The first-order valence-electron chi connectivity index (χ1n) is 5.25. The molecule has 0 bridgehead atoms. The minimum Gasteiger partial charge on any atom is -0.480 e. The molecule has 0 aliphatic rings. The van der Waals surface area contributed by atoms with Crippen molar-refractivity contribution in [1.82, 2.24) is 4.90 Å². The Bertz CT molecular complexity index is 268. The summed E-state index contributed by atoms with van der Waals surface area (Å²) >= 11 is 0. The van der Waals surface area contributed by atoms with E-state index in [0.29, 0.717) is 0 Å². The molecule has 1 amide bonds. The third-order valence-electron chi connectivity index (χ3n) is 1.98. The van der Waals surface area contributed by atoms with Crippen LogP contribution in [-0.4, -0.2) is 40.8 Å². The maximum atomic E-state index is 11.6. The standard InChI is InChI=1S/C11H21NO4/c1-7(2)8(9(13)14)12(6)10(15)16-11(3,4)5/h7-8H,1-6H3,(H,13,14)/t8-/m1/s1. The van der Waals surface area contributed by atoms with Crippen molar-refractivity contribution in [2.24, 2.45) is 5.92 Å². The molecule has 0 unspecified atom stereocenters. The Balaban J connectivity index is 4.69. The van der Waals surface area contributed by atoms with Crippen LogP contribution in [0.4, 0.5) is 4.79 Å². The summed E-state index contributed by atoms with van der Waals surface area (Å²) in [5.74, 6) is -1.20. The molecule has 0 saturated heterocycles. The van der Waals surface area contributed by atoms with Gasteiger partial charge in [0.1, 0.15) is 11.6 Å². The Morgan fingerprint density at radius 1 is 1.25 bits per heavy atom. The van der Waals surface area contributed by atoms with Gasteiger partial charge >= 0.3 is 12.1 Å². The average molecular weight is 231 g/mol. The molecule has 5 nitrogen and oxygen atoms in total. The molecular formula is C11H21NO4. The third-order valence-corrected chi connectivity index (χ3v) is 1.98. The molecule has 0 rings (SSSR count). The summed E-state index contributed by atoms with van der Waals surface area (Å²) in [4.78, 5) is 23.8. The fourth-order valence-corrected chi connectivity index (χ4v) is 1.35. The molecule has 0 aromatic heterocycles. The summed E-state index contributed by atoms with van der Waals surface area (Å²) in [6, 6.07) is -0.866. The van der Waals surface area contributed by atoms with E-state index in [-0.39, 0.29) is 5.92 Å². The van der Waals surface area contributed by atoms with Gasteiger partial charge in [-0.15, -0.1) is 0 Å². The zero-order valence-electron chi connectivity index (χ0n) is 10.8. The van der Waals surface area contributed by atoms with Gasteiger partial charge in [-0.25, -0.2) is 9.59 Å². The van der Waals surface area contributed by atoms with Crippen molar-refractivity contribution in [3.8, 4) is 0 Å². The van der Waals surface area contributed by atoms with E-state index >= 15 is 0 Å². The highest BCUT2D eigenvalue weighted by Gasteiger charge is 2.32. The Kier molecular flexibility index (Phi) is 4.78. The quantitative estimate of drug-likeness (QED) is 0.806. The first kappa shape index (κ1) is 14.7. The smallest absolute Gasteiger partial charge is 0.410 e. The number of ether oxygens (including phenoxy) is 1. The molecule has 0 aliphatic heterocycles. The van der Waals surface area contributed by atoms with Crippen LogP contribution in [0.5, 0.6) is 0 Å². The van der Waals surface area contributed by atoms with E-state index in [1.165, 1.54) is 7.05 Å². The minimum absolute atomic E-state index is 0.171. The third kappa shape index (κ3) is 4.51. The van der Waals surface area contributed by atoms with Crippen LogP contribution < -0.4 is 0 Å². The molecule has 1 atom stereocenters. The highest BCUT2D eigenvalue weighted by Crippen LogP contribution is 2.14. The van der Waals surface area contributed by atoms with Gasteiger partial charge in [-0.1, -0.05) is 13.8 Å². The number of carboxylic acids is 1. The van der Waals surface area contributed by atoms with Crippen LogP contribution in [0.15, 0.2) is 0 Å². The second kappa shape index (κ2) is 5.18. The number of amides is 1. The zero-order valence-corrected chi connectivity index (χ0v) is 10.8. The lowest BCUT2D eigenvalue weighted by atomic mass is 10.0. The van der Waals surface area contributed by atoms with E-state index in [4.69, 9.17) is 9.84 Å². The van der Waals surface area contributed by atoms with Crippen LogP contribution in [0.3, 0.4) is 0 Å². The van der Waals surface area contributed by atoms with Crippen LogP contribution in [0, 0.1) is 5.92 Å². The van der Waals surface area contributed by atoms with Gasteiger partial charge < -0.3 is 9.84 Å². The molecule has 1 N–H and O–H groups in total. The summed E-state index contributed by atoms with van der Waals surface area (Å²) in [5.41, 5.74) is -0.620. The molecular weight excluding hydrogens is 210 g/mol. The summed E-state index contributed by atoms with van der Waals surface area (Å²) in [7, 11) is 1.44. The Morgan fingerprint density at radius 2 is 1.69 bits per heavy atom. The molecule has 0 fully saturated rings. The van der Waals surface area contributed by atoms with Crippen molar-refractivity contribution in [2.45, 2.75) is 46.3 Å². The number of nitrogens with zero attached hydrogens (tertiary/aromatic N) is 1. The van der Waals surface area contributed by atoms with E-state index < -0.39 is 23.7 Å². The zero-order chi connectivity index (χ0) is 13.1. The largest absolute Gasteiger partial charge is 0.480 e. The van der Waals surface area contributed by atoms with Crippen LogP contribution in [0.2, 0.25) is 0 Å². The lowest BCUT2D eigenvalue weighted by Gasteiger charge is -2.30. The second-order valence-corrected chi connectivity index (χ2v) is 5.12.